The van der Waals surface area contributed by atoms with Crippen molar-refractivity contribution in [2.75, 3.05) is 7.05 Å². The second kappa shape index (κ2) is 5.80. The van der Waals surface area contributed by atoms with Gasteiger partial charge in [0.2, 0.25) is 0 Å². The van der Waals surface area contributed by atoms with Gasteiger partial charge in [-0.1, -0.05) is 47.7 Å². The zero-order valence-corrected chi connectivity index (χ0v) is 13.0. The number of hydrogen-bond acceptors (Lipinski definition) is 4. The number of rotatable bonds is 4. The fourth-order valence-electron chi connectivity index (χ4n) is 2.43. The summed E-state index contributed by atoms with van der Waals surface area (Å²) >= 11 is 1.49. The highest BCUT2D eigenvalue weighted by atomic mass is 32.1. The van der Waals surface area contributed by atoms with Crippen molar-refractivity contribution < 1.29 is 0 Å². The minimum atomic E-state index is 0.177. The molecule has 0 fully saturated rings. The van der Waals surface area contributed by atoms with E-state index in [1.54, 1.807) is 0 Å². The summed E-state index contributed by atoms with van der Waals surface area (Å²) in [5.74, 6) is 0.399. The molecule has 0 aliphatic rings. The Morgan fingerprint density at radius 1 is 1.11 bits per heavy atom. The highest BCUT2D eigenvalue weighted by Crippen LogP contribution is 2.31. The summed E-state index contributed by atoms with van der Waals surface area (Å²) in [6, 6.07) is 6.84. The highest BCUT2D eigenvalue weighted by Gasteiger charge is 2.21. The molecule has 0 aliphatic heterocycles. The topological polar surface area (TPSA) is 37.8 Å². The van der Waals surface area contributed by atoms with Crippen molar-refractivity contribution in [2.45, 2.75) is 39.7 Å². The van der Waals surface area contributed by atoms with E-state index < -0.39 is 0 Å². The summed E-state index contributed by atoms with van der Waals surface area (Å²) in [6.45, 7) is 8.60. The molecule has 3 nitrogen and oxygen atoms in total. The first-order chi connectivity index (χ1) is 9.02. The van der Waals surface area contributed by atoms with E-state index >= 15 is 0 Å². The molecule has 0 amide bonds. The second-order valence-corrected chi connectivity index (χ2v) is 6.11. The predicted octanol–water partition coefficient (Wildman–Crippen LogP) is 3.59. The number of aromatic nitrogens is 2. The molecule has 1 aromatic carbocycles. The number of nitrogens with one attached hydrogen (secondary N) is 1. The van der Waals surface area contributed by atoms with Crippen molar-refractivity contribution in [3.05, 3.63) is 45.5 Å². The molecular formula is C15H21N3S. The van der Waals surface area contributed by atoms with Crippen LogP contribution in [0.25, 0.3) is 0 Å². The molecule has 1 N–H and O–H groups in total. The normalized spacial score (nSPS) is 12.9. The van der Waals surface area contributed by atoms with Crippen LogP contribution in [0, 0.1) is 13.8 Å². The lowest BCUT2D eigenvalue weighted by molar-refractivity contribution is 0.678. The van der Waals surface area contributed by atoms with Crippen molar-refractivity contribution in [3.8, 4) is 0 Å². The Morgan fingerprint density at radius 2 is 1.74 bits per heavy atom. The average Bonchev–Trinajstić information content (AvgIpc) is 2.78. The number of hydrogen-bond donors (Lipinski definition) is 1. The molecule has 1 unspecified atom stereocenters. The molecular weight excluding hydrogens is 254 g/mol. The molecule has 0 saturated heterocycles. The van der Waals surface area contributed by atoms with Gasteiger partial charge in [0.15, 0.2) is 0 Å². The van der Waals surface area contributed by atoms with Crippen LogP contribution in [0.5, 0.6) is 0 Å². The number of aryl methyl sites for hydroxylation is 2. The summed E-state index contributed by atoms with van der Waals surface area (Å²) < 4.78 is 4.13. The Morgan fingerprint density at radius 3 is 2.26 bits per heavy atom. The minimum absolute atomic E-state index is 0.177. The van der Waals surface area contributed by atoms with Crippen molar-refractivity contribution >= 4 is 11.5 Å². The van der Waals surface area contributed by atoms with E-state index in [1.165, 1.54) is 33.1 Å². The second-order valence-electron chi connectivity index (χ2n) is 5.32. The van der Waals surface area contributed by atoms with Crippen molar-refractivity contribution in [3.63, 3.8) is 0 Å². The molecule has 0 aliphatic carbocycles. The Labute approximate surface area is 119 Å². The van der Waals surface area contributed by atoms with Gasteiger partial charge in [-0.2, -0.15) is 0 Å². The van der Waals surface area contributed by atoms with Gasteiger partial charge in [0.25, 0.3) is 0 Å². The van der Waals surface area contributed by atoms with E-state index in [2.05, 4.69) is 60.8 Å². The van der Waals surface area contributed by atoms with E-state index in [0.29, 0.717) is 5.92 Å². The quantitative estimate of drug-likeness (QED) is 0.926. The molecule has 0 spiro atoms. The number of nitrogens with zero attached hydrogens (tertiary/aromatic N) is 2. The minimum Gasteiger partial charge on any atom is -0.309 e. The van der Waals surface area contributed by atoms with Crippen molar-refractivity contribution in [2.24, 2.45) is 0 Å². The first-order valence-electron chi connectivity index (χ1n) is 6.60. The Hall–Kier alpha value is -1.26. The molecule has 1 aromatic heterocycles. The van der Waals surface area contributed by atoms with E-state index in [4.69, 9.17) is 0 Å². The van der Waals surface area contributed by atoms with Crippen LogP contribution >= 0.6 is 11.5 Å². The standard InChI is InChI=1S/C15H21N3S/c1-9(2)13-15(19-18-17-13)14(16-5)12-7-10(3)6-11(4)8-12/h6-9,14,16H,1-5H3. The number of benzene rings is 1. The van der Waals surface area contributed by atoms with Gasteiger partial charge in [-0.05, 0) is 43.9 Å². The molecule has 1 atom stereocenters. The maximum absolute atomic E-state index is 4.28. The molecule has 2 aromatic rings. The van der Waals surface area contributed by atoms with Crippen molar-refractivity contribution in [1.82, 2.24) is 14.9 Å². The van der Waals surface area contributed by atoms with Gasteiger partial charge in [-0.3, -0.25) is 0 Å². The van der Waals surface area contributed by atoms with Crippen LogP contribution in [0.2, 0.25) is 0 Å². The zero-order valence-electron chi connectivity index (χ0n) is 12.2. The van der Waals surface area contributed by atoms with E-state index in [-0.39, 0.29) is 6.04 Å². The lowest BCUT2D eigenvalue weighted by atomic mass is 9.97. The first-order valence-corrected chi connectivity index (χ1v) is 7.38. The molecule has 19 heavy (non-hydrogen) atoms. The maximum Gasteiger partial charge on any atom is 0.0832 e. The highest BCUT2D eigenvalue weighted by molar-refractivity contribution is 7.05. The van der Waals surface area contributed by atoms with Crippen LogP contribution in [0.4, 0.5) is 0 Å². The van der Waals surface area contributed by atoms with Gasteiger partial charge < -0.3 is 5.32 Å². The molecule has 0 radical (unpaired) electrons. The fourth-order valence-corrected chi connectivity index (χ4v) is 3.38. The molecule has 4 heteroatoms. The Kier molecular flexibility index (Phi) is 4.32. The summed E-state index contributed by atoms with van der Waals surface area (Å²) in [4.78, 5) is 1.22. The molecule has 102 valence electrons. The monoisotopic (exact) mass is 275 g/mol. The van der Waals surface area contributed by atoms with Gasteiger partial charge in [-0.15, -0.1) is 5.10 Å². The van der Waals surface area contributed by atoms with Crippen LogP contribution in [-0.2, 0) is 0 Å². The van der Waals surface area contributed by atoms with Crippen LogP contribution in [0.1, 0.15) is 53.1 Å². The lowest BCUT2D eigenvalue weighted by Crippen LogP contribution is -2.18. The smallest absolute Gasteiger partial charge is 0.0832 e. The maximum atomic E-state index is 4.28. The van der Waals surface area contributed by atoms with Gasteiger partial charge in [0.1, 0.15) is 0 Å². The summed E-state index contributed by atoms with van der Waals surface area (Å²) in [5.41, 5.74) is 4.97. The van der Waals surface area contributed by atoms with Crippen LogP contribution < -0.4 is 5.32 Å². The Bertz CT molecular complexity index is 540. The van der Waals surface area contributed by atoms with Gasteiger partial charge in [0.05, 0.1) is 16.6 Å². The van der Waals surface area contributed by atoms with E-state index in [9.17, 15) is 0 Å². The van der Waals surface area contributed by atoms with Gasteiger partial charge >= 0.3 is 0 Å². The van der Waals surface area contributed by atoms with Gasteiger partial charge in [-0.25, -0.2) is 0 Å². The van der Waals surface area contributed by atoms with Crippen LogP contribution in [0.15, 0.2) is 18.2 Å². The van der Waals surface area contributed by atoms with E-state index in [0.717, 1.165) is 5.69 Å². The lowest BCUT2D eigenvalue weighted by Gasteiger charge is -2.18. The zero-order chi connectivity index (χ0) is 14.0. The fraction of sp³-hybridized carbons (Fsp3) is 0.467. The SMILES string of the molecule is CNC(c1cc(C)cc(C)c1)c1snnc1C(C)C. The van der Waals surface area contributed by atoms with Crippen LogP contribution in [-0.4, -0.2) is 16.6 Å². The molecule has 0 saturated carbocycles. The third-order valence-corrected chi connectivity index (χ3v) is 4.02. The average molecular weight is 275 g/mol. The molecule has 1 heterocycles. The third kappa shape index (κ3) is 3.01. The Balaban J connectivity index is 2.47. The molecule has 2 rings (SSSR count). The largest absolute Gasteiger partial charge is 0.309 e. The summed E-state index contributed by atoms with van der Waals surface area (Å²) in [5, 5.41) is 7.68. The van der Waals surface area contributed by atoms with Crippen molar-refractivity contribution in [1.29, 1.82) is 0 Å². The van der Waals surface area contributed by atoms with Crippen LogP contribution in [0.3, 0.4) is 0 Å². The van der Waals surface area contributed by atoms with E-state index in [1.807, 2.05) is 7.05 Å². The summed E-state index contributed by atoms with van der Waals surface area (Å²) in [6.07, 6.45) is 0. The predicted molar refractivity (Wildman–Crippen MR) is 80.8 cm³/mol. The first kappa shape index (κ1) is 14.2. The summed E-state index contributed by atoms with van der Waals surface area (Å²) in [7, 11) is 1.99. The molecule has 0 bridgehead atoms. The third-order valence-electron chi connectivity index (χ3n) is 3.22. The van der Waals surface area contributed by atoms with Gasteiger partial charge in [0, 0.05) is 0 Å².